The fraction of sp³-hybridized carbons (Fsp3) is 0.429. The van der Waals surface area contributed by atoms with Crippen molar-refractivity contribution in [3.63, 3.8) is 0 Å². The third kappa shape index (κ3) is 4.27. The first kappa shape index (κ1) is 18.9. The van der Waals surface area contributed by atoms with Crippen LogP contribution in [0.4, 0.5) is 5.69 Å². The third-order valence-corrected chi connectivity index (χ3v) is 7.12. The van der Waals surface area contributed by atoms with E-state index in [9.17, 15) is 8.42 Å². The van der Waals surface area contributed by atoms with Crippen LogP contribution in [0.15, 0.2) is 53.4 Å². The van der Waals surface area contributed by atoms with E-state index in [1.54, 1.807) is 16.4 Å². The molecule has 3 rings (SSSR count). The Hall–Kier alpha value is -1.85. The molecule has 1 aliphatic heterocycles. The zero-order valence-electron chi connectivity index (χ0n) is 15.9. The van der Waals surface area contributed by atoms with Crippen LogP contribution in [0.3, 0.4) is 0 Å². The Morgan fingerprint density at radius 3 is 2.08 bits per heavy atom. The van der Waals surface area contributed by atoms with Gasteiger partial charge in [0.05, 0.1) is 4.90 Å². The molecule has 2 aromatic rings. The van der Waals surface area contributed by atoms with Crippen molar-refractivity contribution in [3.05, 3.63) is 59.7 Å². The van der Waals surface area contributed by atoms with Crippen LogP contribution in [-0.2, 0) is 16.4 Å². The lowest BCUT2D eigenvalue weighted by Crippen LogP contribution is -2.38. The predicted octanol–water partition coefficient (Wildman–Crippen LogP) is 3.70. The summed E-state index contributed by atoms with van der Waals surface area (Å²) in [5.74, 6) is 0.546. The molecule has 0 aromatic heterocycles. The van der Waals surface area contributed by atoms with Crippen molar-refractivity contribution in [3.8, 4) is 0 Å². The fourth-order valence-corrected chi connectivity index (χ4v) is 4.95. The number of anilines is 1. The second-order valence-corrected chi connectivity index (χ2v) is 9.36. The standard InChI is InChI=1S/C21H28N2O2S/c1-17-4-10-21(11-5-17)26(24,25)23-14-12-19(13-15-23)16-18-6-8-20(9-7-18)22(2)3/h4-11,19H,12-16H2,1-3H3. The highest BCUT2D eigenvalue weighted by Gasteiger charge is 2.29. The summed E-state index contributed by atoms with van der Waals surface area (Å²) in [5.41, 5.74) is 3.60. The summed E-state index contributed by atoms with van der Waals surface area (Å²) in [6.45, 7) is 3.18. The summed E-state index contributed by atoms with van der Waals surface area (Å²) in [6.07, 6.45) is 2.85. The molecule has 1 aliphatic rings. The Kier molecular flexibility index (Phi) is 5.68. The van der Waals surface area contributed by atoms with Gasteiger partial charge < -0.3 is 4.90 Å². The van der Waals surface area contributed by atoms with Crippen LogP contribution in [0.2, 0.25) is 0 Å². The van der Waals surface area contributed by atoms with Gasteiger partial charge in [-0.1, -0.05) is 29.8 Å². The average molecular weight is 373 g/mol. The Morgan fingerprint density at radius 2 is 1.54 bits per heavy atom. The van der Waals surface area contributed by atoms with Crippen molar-refractivity contribution in [2.45, 2.75) is 31.1 Å². The maximum absolute atomic E-state index is 12.8. The smallest absolute Gasteiger partial charge is 0.243 e. The van der Waals surface area contributed by atoms with E-state index in [0.717, 1.165) is 24.8 Å². The van der Waals surface area contributed by atoms with Crippen LogP contribution in [-0.4, -0.2) is 39.9 Å². The minimum Gasteiger partial charge on any atom is -0.378 e. The summed E-state index contributed by atoms with van der Waals surface area (Å²) in [5, 5.41) is 0. The van der Waals surface area contributed by atoms with Crippen LogP contribution < -0.4 is 4.90 Å². The van der Waals surface area contributed by atoms with Crippen LogP contribution in [0.25, 0.3) is 0 Å². The van der Waals surface area contributed by atoms with Crippen molar-refractivity contribution in [1.82, 2.24) is 4.31 Å². The molecule has 0 radical (unpaired) electrons. The quantitative estimate of drug-likeness (QED) is 0.803. The monoisotopic (exact) mass is 372 g/mol. The maximum Gasteiger partial charge on any atom is 0.243 e. The van der Waals surface area contributed by atoms with Crippen LogP contribution in [0, 0.1) is 12.8 Å². The zero-order valence-corrected chi connectivity index (χ0v) is 16.7. The van der Waals surface area contributed by atoms with Gasteiger partial charge in [0.15, 0.2) is 0 Å². The largest absolute Gasteiger partial charge is 0.378 e. The van der Waals surface area contributed by atoms with Crippen molar-refractivity contribution in [2.75, 3.05) is 32.1 Å². The molecule has 5 heteroatoms. The second kappa shape index (κ2) is 7.80. The van der Waals surface area contributed by atoms with Crippen LogP contribution >= 0.6 is 0 Å². The normalized spacial score (nSPS) is 16.6. The van der Waals surface area contributed by atoms with E-state index in [4.69, 9.17) is 0 Å². The van der Waals surface area contributed by atoms with E-state index in [1.807, 2.05) is 33.2 Å². The van der Waals surface area contributed by atoms with E-state index in [0.29, 0.717) is 23.9 Å². The molecule has 0 unspecified atom stereocenters. The van der Waals surface area contributed by atoms with Gasteiger partial charge in [0, 0.05) is 32.9 Å². The Morgan fingerprint density at radius 1 is 0.962 bits per heavy atom. The number of rotatable bonds is 5. The Balaban J connectivity index is 1.59. The summed E-state index contributed by atoms with van der Waals surface area (Å²) in [4.78, 5) is 2.50. The van der Waals surface area contributed by atoms with Gasteiger partial charge in [0.2, 0.25) is 10.0 Å². The van der Waals surface area contributed by atoms with Crippen molar-refractivity contribution < 1.29 is 8.42 Å². The molecule has 1 fully saturated rings. The first-order chi connectivity index (χ1) is 12.4. The highest BCUT2D eigenvalue weighted by atomic mass is 32.2. The van der Waals surface area contributed by atoms with E-state index < -0.39 is 10.0 Å². The molecular formula is C21H28N2O2S. The molecule has 0 N–H and O–H groups in total. The summed E-state index contributed by atoms with van der Waals surface area (Å²) < 4.78 is 27.2. The number of aryl methyl sites for hydroxylation is 1. The molecule has 140 valence electrons. The van der Waals surface area contributed by atoms with E-state index in [1.165, 1.54) is 11.3 Å². The number of sulfonamides is 1. The molecular weight excluding hydrogens is 344 g/mol. The Bertz CT molecular complexity index is 819. The van der Waals surface area contributed by atoms with Gasteiger partial charge >= 0.3 is 0 Å². The SMILES string of the molecule is Cc1ccc(S(=O)(=O)N2CCC(Cc3ccc(N(C)C)cc3)CC2)cc1. The van der Waals surface area contributed by atoms with Gasteiger partial charge in [-0.2, -0.15) is 4.31 Å². The van der Waals surface area contributed by atoms with E-state index in [2.05, 4.69) is 29.2 Å². The molecule has 4 nitrogen and oxygen atoms in total. The van der Waals surface area contributed by atoms with Gasteiger partial charge in [0.25, 0.3) is 0 Å². The molecule has 0 amide bonds. The predicted molar refractivity (Wildman–Crippen MR) is 107 cm³/mol. The van der Waals surface area contributed by atoms with Crippen molar-refractivity contribution >= 4 is 15.7 Å². The number of nitrogens with zero attached hydrogens (tertiary/aromatic N) is 2. The molecule has 0 saturated carbocycles. The van der Waals surface area contributed by atoms with Gasteiger partial charge in [-0.05, 0) is 61.9 Å². The first-order valence-electron chi connectivity index (χ1n) is 9.19. The molecule has 1 saturated heterocycles. The topological polar surface area (TPSA) is 40.6 Å². The Labute approximate surface area is 157 Å². The minimum absolute atomic E-state index is 0.404. The minimum atomic E-state index is -3.36. The molecule has 26 heavy (non-hydrogen) atoms. The molecule has 2 aromatic carbocycles. The van der Waals surface area contributed by atoms with Crippen LogP contribution in [0.1, 0.15) is 24.0 Å². The van der Waals surface area contributed by atoms with Crippen LogP contribution in [0.5, 0.6) is 0 Å². The molecule has 0 bridgehead atoms. The van der Waals surface area contributed by atoms with Crippen molar-refractivity contribution in [1.29, 1.82) is 0 Å². The van der Waals surface area contributed by atoms with E-state index >= 15 is 0 Å². The summed E-state index contributed by atoms with van der Waals surface area (Å²) in [6, 6.07) is 15.8. The van der Waals surface area contributed by atoms with Crippen molar-refractivity contribution in [2.24, 2.45) is 5.92 Å². The number of hydrogen-bond acceptors (Lipinski definition) is 3. The summed E-state index contributed by atoms with van der Waals surface area (Å²) >= 11 is 0. The number of piperidine rings is 1. The van der Waals surface area contributed by atoms with Gasteiger partial charge in [-0.15, -0.1) is 0 Å². The molecule has 0 spiro atoms. The zero-order chi connectivity index (χ0) is 18.7. The molecule has 0 atom stereocenters. The highest BCUT2D eigenvalue weighted by Crippen LogP contribution is 2.27. The molecule has 1 heterocycles. The maximum atomic E-state index is 12.8. The lowest BCUT2D eigenvalue weighted by Gasteiger charge is -2.31. The fourth-order valence-electron chi connectivity index (χ4n) is 3.48. The second-order valence-electron chi connectivity index (χ2n) is 7.43. The number of hydrogen-bond donors (Lipinski definition) is 0. The van der Waals surface area contributed by atoms with E-state index in [-0.39, 0.29) is 0 Å². The highest BCUT2D eigenvalue weighted by molar-refractivity contribution is 7.89. The van der Waals surface area contributed by atoms with Gasteiger partial charge in [0.1, 0.15) is 0 Å². The van der Waals surface area contributed by atoms with Gasteiger partial charge in [-0.25, -0.2) is 8.42 Å². The third-order valence-electron chi connectivity index (χ3n) is 5.21. The lowest BCUT2D eigenvalue weighted by molar-refractivity contribution is 0.273. The van der Waals surface area contributed by atoms with Gasteiger partial charge in [-0.3, -0.25) is 0 Å². The lowest BCUT2D eigenvalue weighted by atomic mass is 9.91. The first-order valence-corrected chi connectivity index (χ1v) is 10.6. The number of benzene rings is 2. The average Bonchev–Trinajstić information content (AvgIpc) is 2.63. The summed E-state index contributed by atoms with van der Waals surface area (Å²) in [7, 11) is 0.719. The molecule has 0 aliphatic carbocycles.